The fourth-order valence-electron chi connectivity index (χ4n) is 3.21. The van der Waals surface area contributed by atoms with E-state index < -0.39 is 24.0 Å². The van der Waals surface area contributed by atoms with Crippen molar-refractivity contribution in [2.24, 2.45) is 5.18 Å². The lowest BCUT2D eigenvalue weighted by Gasteiger charge is -2.24. The highest BCUT2D eigenvalue weighted by atomic mass is 16.3. The molecule has 0 bridgehead atoms. The monoisotopic (exact) mass is 405 g/mol. The van der Waals surface area contributed by atoms with E-state index in [1.54, 1.807) is 12.1 Å². The van der Waals surface area contributed by atoms with Crippen LogP contribution >= 0.6 is 0 Å². The van der Waals surface area contributed by atoms with E-state index in [0.717, 1.165) is 26.8 Å². The SMILES string of the molecule is CN(C)C(=O)C(O)[C@@H](N=O)C(=O)N(C)c1ccc(-c2ccc3ccccc3c2)cc1. The van der Waals surface area contributed by atoms with E-state index in [4.69, 9.17) is 0 Å². The summed E-state index contributed by atoms with van der Waals surface area (Å²) in [5.41, 5.74) is 2.52. The number of aliphatic hydroxyl groups excluding tert-OH is 1. The Kier molecular flexibility index (Phi) is 6.23. The van der Waals surface area contributed by atoms with E-state index in [0.29, 0.717) is 5.69 Å². The van der Waals surface area contributed by atoms with E-state index in [1.165, 1.54) is 26.0 Å². The Morgan fingerprint density at radius 3 is 2.03 bits per heavy atom. The molecule has 7 heteroatoms. The molecule has 1 unspecified atom stereocenters. The Morgan fingerprint density at radius 2 is 1.43 bits per heavy atom. The van der Waals surface area contributed by atoms with Gasteiger partial charge in [-0.2, -0.15) is 0 Å². The quantitative estimate of drug-likeness (QED) is 0.638. The van der Waals surface area contributed by atoms with Gasteiger partial charge in [0.2, 0.25) is 6.04 Å². The van der Waals surface area contributed by atoms with Crippen molar-refractivity contribution < 1.29 is 14.7 Å². The highest BCUT2D eigenvalue weighted by Crippen LogP contribution is 2.26. The van der Waals surface area contributed by atoms with Crippen LogP contribution in [0, 0.1) is 4.91 Å². The van der Waals surface area contributed by atoms with Crippen molar-refractivity contribution in [1.82, 2.24) is 4.90 Å². The van der Waals surface area contributed by atoms with Crippen LogP contribution in [0.15, 0.2) is 71.9 Å². The van der Waals surface area contributed by atoms with Crippen molar-refractivity contribution in [3.63, 3.8) is 0 Å². The molecule has 1 N–H and O–H groups in total. The number of anilines is 1. The summed E-state index contributed by atoms with van der Waals surface area (Å²) in [4.78, 5) is 38.0. The number of likely N-dealkylation sites (N-methyl/N-ethyl adjacent to an activating group) is 2. The summed E-state index contributed by atoms with van der Waals surface area (Å²) in [6.45, 7) is 0. The van der Waals surface area contributed by atoms with Crippen molar-refractivity contribution in [2.75, 3.05) is 26.0 Å². The largest absolute Gasteiger partial charge is 0.380 e. The maximum atomic E-state index is 12.6. The minimum absolute atomic E-state index is 0.516. The molecule has 0 saturated carbocycles. The maximum Gasteiger partial charge on any atom is 0.258 e. The van der Waals surface area contributed by atoms with Crippen LogP contribution in [0.4, 0.5) is 5.69 Å². The minimum atomic E-state index is -1.83. The summed E-state index contributed by atoms with van der Waals surface area (Å²) < 4.78 is 0. The van der Waals surface area contributed by atoms with Crippen molar-refractivity contribution in [3.05, 3.63) is 71.6 Å². The summed E-state index contributed by atoms with van der Waals surface area (Å²) in [7, 11) is 4.32. The Bertz CT molecular complexity index is 1080. The number of amides is 2. The summed E-state index contributed by atoms with van der Waals surface area (Å²) in [5.74, 6) is -1.51. The third-order valence-electron chi connectivity index (χ3n) is 5.03. The summed E-state index contributed by atoms with van der Waals surface area (Å²) >= 11 is 0. The Balaban J connectivity index is 1.81. The summed E-state index contributed by atoms with van der Waals surface area (Å²) in [5, 5.41) is 15.0. The predicted molar refractivity (Wildman–Crippen MR) is 117 cm³/mol. The third-order valence-corrected chi connectivity index (χ3v) is 5.03. The second-order valence-electron chi connectivity index (χ2n) is 7.23. The molecule has 3 aromatic rings. The van der Waals surface area contributed by atoms with Crippen LogP contribution in [0.25, 0.3) is 21.9 Å². The average molecular weight is 405 g/mol. The number of hydrogen-bond acceptors (Lipinski definition) is 5. The number of hydrogen-bond donors (Lipinski definition) is 1. The van der Waals surface area contributed by atoms with Crippen LogP contribution in [0.5, 0.6) is 0 Å². The second-order valence-corrected chi connectivity index (χ2v) is 7.23. The normalized spacial score (nSPS) is 12.8. The van der Waals surface area contributed by atoms with E-state index >= 15 is 0 Å². The van der Waals surface area contributed by atoms with Crippen LogP contribution in [-0.2, 0) is 9.59 Å². The summed E-state index contributed by atoms with van der Waals surface area (Å²) in [6, 6.07) is 19.8. The number of carbonyl (C=O) groups is 2. The maximum absolute atomic E-state index is 12.6. The van der Waals surface area contributed by atoms with Gasteiger partial charge in [-0.1, -0.05) is 53.7 Å². The molecule has 30 heavy (non-hydrogen) atoms. The van der Waals surface area contributed by atoms with Crippen molar-refractivity contribution in [1.29, 1.82) is 0 Å². The predicted octanol–water partition coefficient (Wildman–Crippen LogP) is 3.05. The van der Waals surface area contributed by atoms with Crippen molar-refractivity contribution >= 4 is 28.3 Å². The third kappa shape index (κ3) is 4.21. The fraction of sp³-hybridized carbons (Fsp3) is 0.217. The molecule has 0 spiro atoms. The number of aliphatic hydroxyl groups is 1. The lowest BCUT2D eigenvalue weighted by Crippen LogP contribution is -2.48. The molecule has 7 nitrogen and oxygen atoms in total. The van der Waals surface area contributed by atoms with Gasteiger partial charge in [-0.3, -0.25) is 9.59 Å². The fourth-order valence-corrected chi connectivity index (χ4v) is 3.21. The number of nitrogens with zero attached hydrogens (tertiary/aromatic N) is 3. The van der Waals surface area contributed by atoms with Gasteiger partial charge in [0, 0.05) is 26.8 Å². The zero-order valence-electron chi connectivity index (χ0n) is 17.0. The molecule has 0 aliphatic heterocycles. The summed E-state index contributed by atoms with van der Waals surface area (Å²) in [6.07, 6.45) is -1.83. The molecule has 0 saturated heterocycles. The van der Waals surface area contributed by atoms with Crippen LogP contribution in [-0.4, -0.2) is 55.1 Å². The molecule has 2 amide bonds. The van der Waals surface area contributed by atoms with Gasteiger partial charge in [-0.25, -0.2) is 0 Å². The van der Waals surface area contributed by atoms with Crippen LogP contribution in [0.3, 0.4) is 0 Å². The molecule has 3 aromatic carbocycles. The minimum Gasteiger partial charge on any atom is -0.380 e. The first kappa shape index (κ1) is 21.1. The smallest absolute Gasteiger partial charge is 0.258 e. The van der Waals surface area contributed by atoms with E-state index in [-0.39, 0.29) is 0 Å². The zero-order valence-corrected chi connectivity index (χ0v) is 17.0. The second kappa shape index (κ2) is 8.84. The number of rotatable bonds is 6. The molecule has 0 aliphatic carbocycles. The molecule has 0 aliphatic rings. The molecule has 2 atom stereocenters. The standard InChI is InChI=1S/C23H23N3O4/c1-25(2)23(29)21(27)20(24-30)22(28)26(3)19-12-10-16(11-13-19)18-9-8-15-6-4-5-7-17(15)14-18/h4-14,20-21,27H,1-3H3/t20-,21?/m1/s1. The Labute approximate surface area is 174 Å². The number of benzene rings is 3. The highest BCUT2D eigenvalue weighted by Gasteiger charge is 2.36. The van der Waals surface area contributed by atoms with Gasteiger partial charge in [0.25, 0.3) is 11.8 Å². The average Bonchev–Trinajstić information content (AvgIpc) is 2.78. The van der Waals surface area contributed by atoms with Crippen LogP contribution in [0.1, 0.15) is 0 Å². The van der Waals surface area contributed by atoms with Gasteiger partial charge in [-0.15, -0.1) is 4.91 Å². The molecular formula is C23H23N3O4. The van der Waals surface area contributed by atoms with Gasteiger partial charge >= 0.3 is 0 Å². The van der Waals surface area contributed by atoms with Crippen molar-refractivity contribution in [2.45, 2.75) is 12.1 Å². The van der Waals surface area contributed by atoms with Crippen LogP contribution in [0.2, 0.25) is 0 Å². The Morgan fingerprint density at radius 1 is 0.833 bits per heavy atom. The lowest BCUT2D eigenvalue weighted by molar-refractivity contribution is -0.141. The number of fused-ring (bicyclic) bond motifs is 1. The molecular weight excluding hydrogens is 382 g/mol. The van der Waals surface area contributed by atoms with Gasteiger partial charge in [0.15, 0.2) is 6.10 Å². The van der Waals surface area contributed by atoms with Gasteiger partial charge in [0.1, 0.15) is 0 Å². The van der Waals surface area contributed by atoms with Gasteiger partial charge < -0.3 is 14.9 Å². The molecule has 3 rings (SSSR count). The lowest BCUT2D eigenvalue weighted by atomic mass is 10.0. The zero-order chi connectivity index (χ0) is 21.8. The van der Waals surface area contributed by atoms with E-state index in [9.17, 15) is 19.6 Å². The number of carbonyl (C=O) groups excluding carboxylic acids is 2. The molecule has 154 valence electrons. The van der Waals surface area contributed by atoms with E-state index in [2.05, 4.69) is 23.4 Å². The topological polar surface area (TPSA) is 90.3 Å². The first-order valence-corrected chi connectivity index (χ1v) is 9.42. The van der Waals surface area contributed by atoms with Crippen molar-refractivity contribution in [3.8, 4) is 11.1 Å². The molecule has 0 radical (unpaired) electrons. The highest BCUT2D eigenvalue weighted by molar-refractivity contribution is 6.01. The molecule has 0 fully saturated rings. The molecule has 0 aromatic heterocycles. The first-order chi connectivity index (χ1) is 14.3. The van der Waals surface area contributed by atoms with Crippen LogP contribution < -0.4 is 4.90 Å². The van der Waals surface area contributed by atoms with Gasteiger partial charge in [0.05, 0.1) is 0 Å². The first-order valence-electron chi connectivity index (χ1n) is 9.42. The Hall–Kier alpha value is -3.58. The molecule has 0 heterocycles. The van der Waals surface area contributed by atoms with E-state index in [1.807, 2.05) is 36.4 Å². The number of nitroso groups, excluding NO2 is 1. The van der Waals surface area contributed by atoms with Gasteiger partial charge in [-0.05, 0) is 40.1 Å².